The third kappa shape index (κ3) is 2.54. The van der Waals surface area contributed by atoms with Crippen LogP contribution in [-0.2, 0) is 0 Å². The minimum absolute atomic E-state index is 0.0989. The standard InChI is InChI=1S/C12H11N3O3/c1-18-8-3-4-10(9(7-8)11(16)17)15-12-13-5-2-6-14-12/h2-7H,1H3,(H,16,17)(H,13,14,15). The lowest BCUT2D eigenvalue weighted by molar-refractivity contribution is 0.0697. The number of nitrogens with one attached hydrogen (secondary N) is 1. The van der Waals surface area contributed by atoms with Crippen LogP contribution >= 0.6 is 0 Å². The van der Waals surface area contributed by atoms with Crippen LogP contribution in [0.4, 0.5) is 11.6 Å². The van der Waals surface area contributed by atoms with Gasteiger partial charge in [-0.05, 0) is 24.3 Å². The van der Waals surface area contributed by atoms with E-state index in [0.29, 0.717) is 17.4 Å². The van der Waals surface area contributed by atoms with Crippen molar-refractivity contribution in [1.82, 2.24) is 9.97 Å². The maximum absolute atomic E-state index is 11.1. The Kier molecular flexibility index (Phi) is 3.38. The predicted octanol–water partition coefficient (Wildman–Crippen LogP) is 1.93. The van der Waals surface area contributed by atoms with E-state index in [0.717, 1.165) is 0 Å². The van der Waals surface area contributed by atoms with Gasteiger partial charge in [0.15, 0.2) is 0 Å². The van der Waals surface area contributed by atoms with Crippen molar-refractivity contribution in [2.75, 3.05) is 12.4 Å². The summed E-state index contributed by atoms with van der Waals surface area (Å²) in [5, 5.41) is 12.0. The van der Waals surface area contributed by atoms with E-state index in [2.05, 4.69) is 15.3 Å². The van der Waals surface area contributed by atoms with Crippen molar-refractivity contribution in [2.24, 2.45) is 0 Å². The Morgan fingerprint density at radius 2 is 2.06 bits per heavy atom. The molecule has 2 N–H and O–H groups in total. The molecule has 18 heavy (non-hydrogen) atoms. The molecule has 0 fully saturated rings. The Morgan fingerprint density at radius 1 is 1.33 bits per heavy atom. The molecule has 0 spiro atoms. The highest BCUT2D eigenvalue weighted by atomic mass is 16.5. The first-order valence-corrected chi connectivity index (χ1v) is 5.16. The van der Waals surface area contributed by atoms with Gasteiger partial charge >= 0.3 is 5.97 Å². The second-order valence-electron chi connectivity index (χ2n) is 3.41. The molecule has 2 aromatic rings. The maximum Gasteiger partial charge on any atom is 0.337 e. The zero-order chi connectivity index (χ0) is 13.0. The van der Waals surface area contributed by atoms with Gasteiger partial charge in [0.1, 0.15) is 5.75 Å². The normalized spacial score (nSPS) is 9.83. The number of carboxylic acids is 1. The number of benzene rings is 1. The maximum atomic E-state index is 11.1. The third-order valence-corrected chi connectivity index (χ3v) is 2.27. The monoisotopic (exact) mass is 245 g/mol. The Morgan fingerprint density at radius 3 is 2.67 bits per heavy atom. The Hall–Kier alpha value is -2.63. The Labute approximate surface area is 103 Å². The average molecular weight is 245 g/mol. The third-order valence-electron chi connectivity index (χ3n) is 2.27. The summed E-state index contributed by atoms with van der Waals surface area (Å²) >= 11 is 0. The van der Waals surface area contributed by atoms with E-state index in [1.54, 1.807) is 30.6 Å². The summed E-state index contributed by atoms with van der Waals surface area (Å²) in [6.45, 7) is 0. The van der Waals surface area contributed by atoms with Gasteiger partial charge in [-0.15, -0.1) is 0 Å². The highest BCUT2D eigenvalue weighted by Gasteiger charge is 2.12. The van der Waals surface area contributed by atoms with Crippen LogP contribution in [-0.4, -0.2) is 28.2 Å². The molecule has 0 aliphatic rings. The number of nitrogens with zero attached hydrogens (tertiary/aromatic N) is 2. The van der Waals surface area contributed by atoms with Crippen molar-refractivity contribution in [1.29, 1.82) is 0 Å². The van der Waals surface area contributed by atoms with Gasteiger partial charge in [-0.3, -0.25) is 0 Å². The fraction of sp³-hybridized carbons (Fsp3) is 0.0833. The SMILES string of the molecule is COc1ccc(Nc2ncccn2)c(C(=O)O)c1. The first-order valence-electron chi connectivity index (χ1n) is 5.16. The van der Waals surface area contributed by atoms with Gasteiger partial charge in [0, 0.05) is 12.4 Å². The average Bonchev–Trinajstić information content (AvgIpc) is 2.40. The van der Waals surface area contributed by atoms with Gasteiger partial charge in [-0.25, -0.2) is 14.8 Å². The molecule has 0 aliphatic carbocycles. The zero-order valence-electron chi connectivity index (χ0n) is 9.62. The van der Waals surface area contributed by atoms with E-state index in [-0.39, 0.29) is 5.56 Å². The molecule has 0 radical (unpaired) electrons. The second kappa shape index (κ2) is 5.13. The number of aromatic nitrogens is 2. The molecular formula is C12H11N3O3. The molecule has 0 saturated carbocycles. The lowest BCUT2D eigenvalue weighted by Gasteiger charge is -2.09. The number of aromatic carboxylic acids is 1. The number of hydrogen-bond donors (Lipinski definition) is 2. The Balaban J connectivity index is 2.35. The van der Waals surface area contributed by atoms with Crippen LogP contribution in [0.5, 0.6) is 5.75 Å². The summed E-state index contributed by atoms with van der Waals surface area (Å²) in [7, 11) is 1.48. The Bertz CT molecular complexity index is 558. The molecule has 1 aromatic heterocycles. The number of anilines is 2. The van der Waals surface area contributed by atoms with Crippen molar-refractivity contribution in [3.63, 3.8) is 0 Å². The lowest BCUT2D eigenvalue weighted by Crippen LogP contribution is -2.04. The molecule has 0 amide bonds. The van der Waals surface area contributed by atoms with E-state index in [4.69, 9.17) is 9.84 Å². The van der Waals surface area contributed by atoms with Crippen LogP contribution in [0.1, 0.15) is 10.4 Å². The van der Waals surface area contributed by atoms with E-state index in [9.17, 15) is 4.79 Å². The summed E-state index contributed by atoms with van der Waals surface area (Å²) < 4.78 is 4.99. The minimum Gasteiger partial charge on any atom is -0.497 e. The number of hydrogen-bond acceptors (Lipinski definition) is 5. The quantitative estimate of drug-likeness (QED) is 0.856. The molecule has 2 rings (SSSR count). The molecule has 6 nitrogen and oxygen atoms in total. The summed E-state index contributed by atoms with van der Waals surface area (Å²) in [4.78, 5) is 19.1. The van der Waals surface area contributed by atoms with Crippen molar-refractivity contribution < 1.29 is 14.6 Å². The predicted molar refractivity (Wildman–Crippen MR) is 65.3 cm³/mol. The van der Waals surface area contributed by atoms with E-state index < -0.39 is 5.97 Å². The first kappa shape index (κ1) is 11.8. The molecule has 1 aromatic carbocycles. The van der Waals surface area contributed by atoms with Crippen molar-refractivity contribution >= 4 is 17.6 Å². The summed E-state index contributed by atoms with van der Waals surface area (Å²) in [5.74, 6) is -0.232. The van der Waals surface area contributed by atoms with Gasteiger partial charge in [-0.2, -0.15) is 0 Å². The van der Waals surface area contributed by atoms with Gasteiger partial charge in [-0.1, -0.05) is 0 Å². The molecule has 0 unspecified atom stereocenters. The van der Waals surface area contributed by atoms with Crippen molar-refractivity contribution in [2.45, 2.75) is 0 Å². The number of ether oxygens (including phenoxy) is 1. The fourth-order valence-corrected chi connectivity index (χ4v) is 1.42. The molecule has 0 aliphatic heterocycles. The number of rotatable bonds is 4. The molecule has 0 bridgehead atoms. The van der Waals surface area contributed by atoms with Gasteiger partial charge in [0.25, 0.3) is 0 Å². The topological polar surface area (TPSA) is 84.3 Å². The highest BCUT2D eigenvalue weighted by Crippen LogP contribution is 2.23. The van der Waals surface area contributed by atoms with Gasteiger partial charge in [0.2, 0.25) is 5.95 Å². The first-order chi connectivity index (χ1) is 8.70. The molecule has 0 saturated heterocycles. The van der Waals surface area contributed by atoms with Crippen LogP contribution in [0.25, 0.3) is 0 Å². The van der Waals surface area contributed by atoms with E-state index in [1.165, 1.54) is 13.2 Å². The van der Waals surface area contributed by atoms with E-state index >= 15 is 0 Å². The minimum atomic E-state index is -1.05. The molecule has 6 heteroatoms. The molecule has 92 valence electrons. The van der Waals surface area contributed by atoms with Crippen LogP contribution < -0.4 is 10.1 Å². The number of methoxy groups -OCH3 is 1. The largest absolute Gasteiger partial charge is 0.497 e. The molecular weight excluding hydrogens is 234 g/mol. The lowest BCUT2D eigenvalue weighted by atomic mass is 10.1. The summed E-state index contributed by atoms with van der Waals surface area (Å²) in [6, 6.07) is 6.39. The fourth-order valence-electron chi connectivity index (χ4n) is 1.42. The summed E-state index contributed by atoms with van der Waals surface area (Å²) in [6.07, 6.45) is 3.14. The van der Waals surface area contributed by atoms with Crippen LogP contribution in [0, 0.1) is 0 Å². The second-order valence-corrected chi connectivity index (χ2v) is 3.41. The van der Waals surface area contributed by atoms with Crippen molar-refractivity contribution in [3.8, 4) is 5.75 Å². The van der Waals surface area contributed by atoms with Gasteiger partial charge < -0.3 is 15.2 Å². The smallest absolute Gasteiger partial charge is 0.337 e. The molecule has 1 heterocycles. The highest BCUT2D eigenvalue weighted by molar-refractivity contribution is 5.95. The number of carboxylic acid groups (broad SMARTS) is 1. The van der Waals surface area contributed by atoms with Crippen LogP contribution in [0.15, 0.2) is 36.7 Å². The number of carbonyl (C=O) groups is 1. The van der Waals surface area contributed by atoms with Crippen LogP contribution in [0.2, 0.25) is 0 Å². The zero-order valence-corrected chi connectivity index (χ0v) is 9.62. The van der Waals surface area contributed by atoms with Crippen molar-refractivity contribution in [3.05, 3.63) is 42.2 Å². The van der Waals surface area contributed by atoms with Gasteiger partial charge in [0.05, 0.1) is 18.4 Å². The van der Waals surface area contributed by atoms with Crippen LogP contribution in [0.3, 0.4) is 0 Å². The molecule has 0 atom stereocenters. The summed E-state index contributed by atoms with van der Waals surface area (Å²) in [5.41, 5.74) is 0.510. The van der Waals surface area contributed by atoms with E-state index in [1.807, 2.05) is 0 Å².